The van der Waals surface area contributed by atoms with Crippen molar-refractivity contribution in [2.75, 3.05) is 19.7 Å². The van der Waals surface area contributed by atoms with E-state index >= 15 is 0 Å². The highest BCUT2D eigenvalue weighted by atomic mass is 16.5. The molecule has 0 atom stereocenters. The van der Waals surface area contributed by atoms with Gasteiger partial charge in [0.25, 0.3) is 5.91 Å². The van der Waals surface area contributed by atoms with Crippen LogP contribution in [0.4, 0.5) is 0 Å². The van der Waals surface area contributed by atoms with Crippen molar-refractivity contribution >= 4 is 22.8 Å². The van der Waals surface area contributed by atoms with E-state index in [1.54, 1.807) is 35.2 Å². The molecule has 1 amide bonds. The van der Waals surface area contributed by atoms with Gasteiger partial charge in [-0.1, -0.05) is 12.1 Å². The molecule has 0 unspecified atom stereocenters. The fourth-order valence-electron chi connectivity index (χ4n) is 3.74. The average Bonchev–Trinajstić information content (AvgIpc) is 2.81. The molecule has 2 aromatic carbocycles. The first-order valence-electron chi connectivity index (χ1n) is 10.7. The Labute approximate surface area is 185 Å². The molecule has 7 heteroatoms. The maximum absolute atomic E-state index is 12.2. The normalized spacial score (nSPS) is 13.7. The van der Waals surface area contributed by atoms with Gasteiger partial charge in [-0.3, -0.25) is 4.79 Å². The molecule has 1 saturated heterocycles. The third-order valence-electron chi connectivity index (χ3n) is 5.55. The number of likely N-dealkylation sites (tertiary alicyclic amines) is 1. The fraction of sp³-hybridized carbons (Fsp3) is 0.320. The van der Waals surface area contributed by atoms with Gasteiger partial charge >= 0.3 is 11.6 Å². The van der Waals surface area contributed by atoms with Crippen molar-refractivity contribution in [1.82, 2.24) is 4.90 Å². The summed E-state index contributed by atoms with van der Waals surface area (Å²) in [6.45, 7) is 3.36. The van der Waals surface area contributed by atoms with Crippen molar-refractivity contribution in [1.29, 1.82) is 0 Å². The van der Waals surface area contributed by atoms with E-state index in [4.69, 9.17) is 13.9 Å². The van der Waals surface area contributed by atoms with Crippen molar-refractivity contribution in [2.45, 2.75) is 32.8 Å². The third kappa shape index (κ3) is 5.17. The minimum absolute atomic E-state index is 0.149. The number of carbonyl (C=O) groups is 2. The standard InChI is InChI=1S/C25H25NO6/c1-17-13-24(28)32-22-14-20(9-10-21(17)22)30-15-18-5-7-19(8-6-18)25(29)31-16-23(27)26-11-3-2-4-12-26/h5-10,13-14H,2-4,11-12,15-16H2,1H3. The topological polar surface area (TPSA) is 86.0 Å². The number of hydrogen-bond donors (Lipinski definition) is 0. The maximum atomic E-state index is 12.2. The summed E-state index contributed by atoms with van der Waals surface area (Å²) in [6, 6.07) is 13.7. The number of benzene rings is 2. The summed E-state index contributed by atoms with van der Waals surface area (Å²) < 4.78 is 16.2. The van der Waals surface area contributed by atoms with Crippen LogP contribution in [-0.2, 0) is 16.1 Å². The summed E-state index contributed by atoms with van der Waals surface area (Å²) in [4.78, 5) is 37.7. The lowest BCUT2D eigenvalue weighted by molar-refractivity contribution is -0.135. The molecular formula is C25H25NO6. The Kier molecular flexibility index (Phi) is 6.54. The van der Waals surface area contributed by atoms with Crippen molar-refractivity contribution in [3.8, 4) is 5.75 Å². The molecule has 32 heavy (non-hydrogen) atoms. The van der Waals surface area contributed by atoms with Crippen LogP contribution in [0.2, 0.25) is 0 Å². The van der Waals surface area contributed by atoms with E-state index in [9.17, 15) is 14.4 Å². The van der Waals surface area contributed by atoms with Gasteiger partial charge in [0.1, 0.15) is 17.9 Å². The number of amides is 1. The lowest BCUT2D eigenvalue weighted by Crippen LogP contribution is -2.38. The minimum Gasteiger partial charge on any atom is -0.489 e. The zero-order valence-corrected chi connectivity index (χ0v) is 18.0. The SMILES string of the molecule is Cc1cc(=O)oc2cc(OCc3ccc(C(=O)OCC(=O)N4CCCCC4)cc3)ccc12. The summed E-state index contributed by atoms with van der Waals surface area (Å²) in [5, 5.41) is 0.860. The highest BCUT2D eigenvalue weighted by Crippen LogP contribution is 2.23. The number of aryl methyl sites for hydroxylation is 1. The fourth-order valence-corrected chi connectivity index (χ4v) is 3.74. The van der Waals surface area contributed by atoms with Crippen molar-refractivity contribution in [3.05, 3.63) is 75.6 Å². The molecule has 1 aliphatic rings. The molecule has 3 aromatic rings. The van der Waals surface area contributed by atoms with Crippen LogP contribution in [0, 0.1) is 6.92 Å². The molecule has 1 aliphatic heterocycles. The number of carbonyl (C=O) groups excluding carboxylic acids is 2. The smallest absolute Gasteiger partial charge is 0.338 e. The molecule has 0 aliphatic carbocycles. The van der Waals surface area contributed by atoms with Crippen LogP contribution < -0.4 is 10.4 Å². The van der Waals surface area contributed by atoms with Gasteiger partial charge < -0.3 is 18.8 Å². The molecule has 1 fully saturated rings. The second kappa shape index (κ2) is 9.68. The van der Waals surface area contributed by atoms with Crippen LogP contribution in [0.25, 0.3) is 11.0 Å². The van der Waals surface area contributed by atoms with Gasteiger partial charge in [0.05, 0.1) is 5.56 Å². The van der Waals surface area contributed by atoms with E-state index in [-0.39, 0.29) is 19.1 Å². The maximum Gasteiger partial charge on any atom is 0.338 e. The second-order valence-electron chi connectivity index (χ2n) is 7.91. The molecule has 0 bridgehead atoms. The first-order chi connectivity index (χ1) is 15.5. The molecule has 4 rings (SSSR count). The van der Waals surface area contributed by atoms with Gasteiger partial charge in [-0.05, 0) is 61.6 Å². The summed E-state index contributed by atoms with van der Waals surface area (Å²) in [5.41, 5.74) is 2.17. The molecule has 0 radical (unpaired) electrons. The van der Waals surface area contributed by atoms with E-state index in [1.807, 2.05) is 19.1 Å². The Morgan fingerprint density at radius 3 is 2.50 bits per heavy atom. The quantitative estimate of drug-likeness (QED) is 0.432. The molecule has 7 nitrogen and oxygen atoms in total. The lowest BCUT2D eigenvalue weighted by Gasteiger charge is -2.26. The predicted octanol–water partition coefficient (Wildman–Crippen LogP) is 3.85. The molecule has 166 valence electrons. The number of esters is 1. The first kappa shape index (κ1) is 21.6. The Hall–Kier alpha value is -3.61. The number of rotatable bonds is 6. The Morgan fingerprint density at radius 1 is 1.00 bits per heavy atom. The van der Waals surface area contributed by atoms with Gasteiger partial charge in [-0.2, -0.15) is 0 Å². The molecule has 0 N–H and O–H groups in total. The van der Waals surface area contributed by atoms with Crippen LogP contribution in [0.15, 0.2) is 57.7 Å². The van der Waals surface area contributed by atoms with Crippen LogP contribution >= 0.6 is 0 Å². The Bertz CT molecular complexity index is 1180. The van der Waals surface area contributed by atoms with Crippen LogP contribution in [0.5, 0.6) is 5.75 Å². The molecule has 0 spiro atoms. The van der Waals surface area contributed by atoms with Gasteiger partial charge in [-0.25, -0.2) is 9.59 Å². The zero-order valence-electron chi connectivity index (χ0n) is 18.0. The number of ether oxygens (including phenoxy) is 2. The average molecular weight is 435 g/mol. The van der Waals surface area contributed by atoms with Gasteiger partial charge in [0.2, 0.25) is 0 Å². The molecule has 2 heterocycles. The Balaban J connectivity index is 1.31. The summed E-state index contributed by atoms with van der Waals surface area (Å²) >= 11 is 0. The van der Waals surface area contributed by atoms with E-state index in [1.165, 1.54) is 6.07 Å². The highest BCUT2D eigenvalue weighted by Gasteiger charge is 2.18. The van der Waals surface area contributed by atoms with Crippen LogP contribution in [-0.4, -0.2) is 36.5 Å². The third-order valence-corrected chi connectivity index (χ3v) is 5.55. The van der Waals surface area contributed by atoms with Crippen molar-refractivity contribution < 1.29 is 23.5 Å². The summed E-state index contributed by atoms with van der Waals surface area (Å²) in [6.07, 6.45) is 3.13. The zero-order chi connectivity index (χ0) is 22.5. The van der Waals surface area contributed by atoms with Gasteiger partial charge in [0.15, 0.2) is 6.61 Å². The van der Waals surface area contributed by atoms with E-state index in [0.29, 0.717) is 16.9 Å². The number of piperidine rings is 1. The number of nitrogens with zero attached hydrogens (tertiary/aromatic N) is 1. The summed E-state index contributed by atoms with van der Waals surface area (Å²) in [5.74, 6) is -0.0989. The van der Waals surface area contributed by atoms with E-state index < -0.39 is 11.6 Å². The largest absolute Gasteiger partial charge is 0.489 e. The molecule has 1 aromatic heterocycles. The van der Waals surface area contributed by atoms with E-state index in [0.717, 1.165) is 48.9 Å². The van der Waals surface area contributed by atoms with Crippen molar-refractivity contribution in [3.63, 3.8) is 0 Å². The lowest BCUT2D eigenvalue weighted by atomic mass is 10.1. The van der Waals surface area contributed by atoms with E-state index in [2.05, 4.69) is 0 Å². The first-order valence-corrected chi connectivity index (χ1v) is 10.7. The van der Waals surface area contributed by atoms with Gasteiger partial charge in [0, 0.05) is 30.6 Å². The highest BCUT2D eigenvalue weighted by molar-refractivity contribution is 5.91. The number of fused-ring (bicyclic) bond motifs is 1. The van der Waals surface area contributed by atoms with Crippen LogP contribution in [0.3, 0.4) is 0 Å². The number of hydrogen-bond acceptors (Lipinski definition) is 6. The molecule has 0 saturated carbocycles. The Morgan fingerprint density at radius 2 is 1.75 bits per heavy atom. The summed E-state index contributed by atoms with van der Waals surface area (Å²) in [7, 11) is 0. The minimum atomic E-state index is -0.525. The van der Waals surface area contributed by atoms with Crippen molar-refractivity contribution in [2.24, 2.45) is 0 Å². The van der Waals surface area contributed by atoms with Gasteiger partial charge in [-0.15, -0.1) is 0 Å². The second-order valence-corrected chi connectivity index (χ2v) is 7.91. The monoisotopic (exact) mass is 435 g/mol. The van der Waals surface area contributed by atoms with Crippen LogP contribution in [0.1, 0.15) is 40.7 Å². The predicted molar refractivity (Wildman–Crippen MR) is 119 cm³/mol. The molecular weight excluding hydrogens is 410 g/mol.